The van der Waals surface area contributed by atoms with Gasteiger partial charge in [-0.05, 0) is 50.1 Å². The summed E-state index contributed by atoms with van der Waals surface area (Å²) < 4.78 is 37.8. The Bertz CT molecular complexity index is 435. The van der Waals surface area contributed by atoms with Crippen LogP contribution in [0.2, 0.25) is 0 Å². The van der Waals surface area contributed by atoms with E-state index >= 15 is 0 Å². The lowest BCUT2D eigenvalue weighted by Gasteiger charge is -2.26. The topological polar surface area (TPSA) is 12.0 Å². The van der Waals surface area contributed by atoms with Crippen molar-refractivity contribution < 1.29 is 13.2 Å². The Kier molecular flexibility index (Phi) is 4.69. The zero-order valence-electron chi connectivity index (χ0n) is 11.8. The molecule has 1 aromatic rings. The first kappa shape index (κ1) is 15.7. The summed E-state index contributed by atoms with van der Waals surface area (Å²) in [6.07, 6.45) is -1.81. The Hall–Kier alpha value is -0.680. The van der Waals surface area contributed by atoms with Gasteiger partial charge in [0.15, 0.2) is 0 Å². The van der Waals surface area contributed by atoms with Crippen molar-refractivity contribution in [3.63, 3.8) is 0 Å². The lowest BCUT2D eigenvalue weighted by Crippen LogP contribution is -2.34. The molecule has 2 unspecified atom stereocenters. The van der Waals surface area contributed by atoms with Crippen LogP contribution in [0, 0.1) is 0 Å². The fourth-order valence-corrected chi connectivity index (χ4v) is 3.68. The predicted molar refractivity (Wildman–Crippen MR) is 78.0 cm³/mol. The van der Waals surface area contributed by atoms with Crippen LogP contribution in [0.5, 0.6) is 0 Å². The number of alkyl halides is 3. The van der Waals surface area contributed by atoms with Crippen molar-refractivity contribution in [3.05, 3.63) is 35.4 Å². The molecule has 2 atom stereocenters. The molecule has 0 aromatic heterocycles. The summed E-state index contributed by atoms with van der Waals surface area (Å²) in [7, 11) is 0. The zero-order chi connectivity index (χ0) is 14.8. The van der Waals surface area contributed by atoms with Gasteiger partial charge >= 0.3 is 6.18 Å². The van der Waals surface area contributed by atoms with Gasteiger partial charge in [0, 0.05) is 17.3 Å². The second-order valence-corrected chi connectivity index (χ2v) is 7.31. The van der Waals surface area contributed by atoms with E-state index in [-0.39, 0.29) is 10.8 Å². The molecule has 0 radical (unpaired) electrons. The van der Waals surface area contributed by atoms with Gasteiger partial charge in [-0.1, -0.05) is 12.1 Å². The number of benzene rings is 1. The standard InChI is InChI=1S/C15H20F3NS/c1-11(19-10-14(2)8-3-9-20-14)12-4-6-13(7-5-12)15(16,17)18/h4-7,11,19H,3,8-10H2,1-2H3. The predicted octanol–water partition coefficient (Wildman–Crippen LogP) is 4.64. The second-order valence-electron chi connectivity index (χ2n) is 5.62. The lowest BCUT2D eigenvalue weighted by molar-refractivity contribution is -0.137. The maximum Gasteiger partial charge on any atom is 0.416 e. The highest BCUT2D eigenvalue weighted by Gasteiger charge is 2.31. The number of hydrogen-bond donors (Lipinski definition) is 1. The van der Waals surface area contributed by atoms with E-state index in [1.807, 2.05) is 18.7 Å². The van der Waals surface area contributed by atoms with E-state index in [9.17, 15) is 13.2 Å². The van der Waals surface area contributed by atoms with Crippen molar-refractivity contribution in [1.29, 1.82) is 0 Å². The van der Waals surface area contributed by atoms with Crippen molar-refractivity contribution >= 4 is 11.8 Å². The number of halogens is 3. The van der Waals surface area contributed by atoms with Crippen molar-refractivity contribution in [2.45, 2.75) is 43.7 Å². The summed E-state index contributed by atoms with van der Waals surface area (Å²) in [6.45, 7) is 5.13. The molecule has 0 aliphatic carbocycles. The Morgan fingerprint density at radius 3 is 2.45 bits per heavy atom. The molecule has 1 nitrogen and oxygen atoms in total. The van der Waals surface area contributed by atoms with Crippen molar-refractivity contribution in [2.75, 3.05) is 12.3 Å². The molecule has 5 heteroatoms. The summed E-state index contributed by atoms with van der Waals surface area (Å²) in [5.74, 6) is 1.20. The van der Waals surface area contributed by atoms with Crippen LogP contribution < -0.4 is 5.32 Å². The van der Waals surface area contributed by atoms with Gasteiger partial charge in [-0.3, -0.25) is 0 Å². The van der Waals surface area contributed by atoms with Crippen LogP contribution in [-0.2, 0) is 6.18 Å². The van der Waals surface area contributed by atoms with Gasteiger partial charge < -0.3 is 5.32 Å². The zero-order valence-corrected chi connectivity index (χ0v) is 12.6. The smallest absolute Gasteiger partial charge is 0.309 e. The van der Waals surface area contributed by atoms with Crippen LogP contribution in [0.15, 0.2) is 24.3 Å². The van der Waals surface area contributed by atoms with E-state index < -0.39 is 11.7 Å². The molecule has 112 valence electrons. The Labute approximate surface area is 122 Å². The molecule has 0 saturated carbocycles. The van der Waals surface area contributed by atoms with E-state index in [2.05, 4.69) is 12.2 Å². The Morgan fingerprint density at radius 1 is 1.30 bits per heavy atom. The molecule has 1 aliphatic rings. The molecule has 1 fully saturated rings. The molecule has 0 spiro atoms. The molecular formula is C15H20F3NS. The van der Waals surface area contributed by atoms with Crippen molar-refractivity contribution in [1.82, 2.24) is 5.32 Å². The van der Waals surface area contributed by atoms with E-state index in [1.54, 1.807) is 12.1 Å². The quantitative estimate of drug-likeness (QED) is 0.869. The molecule has 1 N–H and O–H groups in total. The summed E-state index contributed by atoms with van der Waals surface area (Å²) in [4.78, 5) is 0. The van der Waals surface area contributed by atoms with Gasteiger partial charge in [0.1, 0.15) is 0 Å². The highest BCUT2D eigenvalue weighted by atomic mass is 32.2. The van der Waals surface area contributed by atoms with E-state index in [0.717, 1.165) is 24.2 Å². The van der Waals surface area contributed by atoms with Crippen LogP contribution in [0.25, 0.3) is 0 Å². The summed E-state index contributed by atoms with van der Waals surface area (Å²) in [6, 6.07) is 5.49. The number of thioether (sulfide) groups is 1. The molecule has 0 amide bonds. The molecule has 0 bridgehead atoms. The fourth-order valence-electron chi connectivity index (χ4n) is 2.42. The van der Waals surface area contributed by atoms with Crippen molar-refractivity contribution in [3.8, 4) is 0 Å². The molecule has 20 heavy (non-hydrogen) atoms. The average Bonchev–Trinajstić information content (AvgIpc) is 2.83. The molecule has 2 rings (SSSR count). The number of rotatable bonds is 4. The van der Waals surface area contributed by atoms with Crippen LogP contribution >= 0.6 is 11.8 Å². The van der Waals surface area contributed by atoms with E-state index in [4.69, 9.17) is 0 Å². The number of hydrogen-bond acceptors (Lipinski definition) is 2. The highest BCUT2D eigenvalue weighted by molar-refractivity contribution is 8.00. The first-order chi connectivity index (χ1) is 9.30. The molecule has 1 aromatic carbocycles. The van der Waals surface area contributed by atoms with E-state index in [1.165, 1.54) is 18.6 Å². The average molecular weight is 303 g/mol. The number of nitrogens with one attached hydrogen (secondary N) is 1. The first-order valence-corrected chi connectivity index (χ1v) is 7.83. The first-order valence-electron chi connectivity index (χ1n) is 6.85. The third-order valence-corrected chi connectivity index (χ3v) is 5.36. The molecular weight excluding hydrogens is 283 g/mol. The summed E-state index contributed by atoms with van der Waals surface area (Å²) in [5.41, 5.74) is 0.302. The van der Waals surface area contributed by atoms with Crippen molar-refractivity contribution in [2.24, 2.45) is 0 Å². The fraction of sp³-hybridized carbons (Fsp3) is 0.600. The third-order valence-electron chi connectivity index (χ3n) is 3.82. The van der Waals surface area contributed by atoms with Crippen LogP contribution in [0.1, 0.15) is 43.9 Å². The van der Waals surface area contributed by atoms with E-state index in [0.29, 0.717) is 0 Å². The van der Waals surface area contributed by atoms with Crippen LogP contribution in [0.4, 0.5) is 13.2 Å². The van der Waals surface area contributed by atoms with Gasteiger partial charge in [0.2, 0.25) is 0 Å². The van der Waals surface area contributed by atoms with Gasteiger partial charge in [-0.25, -0.2) is 0 Å². The van der Waals surface area contributed by atoms with Gasteiger partial charge in [-0.15, -0.1) is 0 Å². The minimum Gasteiger partial charge on any atom is -0.309 e. The monoisotopic (exact) mass is 303 g/mol. The highest BCUT2D eigenvalue weighted by Crippen LogP contribution is 2.37. The molecule has 1 aliphatic heterocycles. The SMILES string of the molecule is CC(NCC1(C)CCCS1)c1ccc(C(F)(F)F)cc1. The maximum atomic E-state index is 12.5. The molecule has 1 saturated heterocycles. The minimum atomic E-state index is -4.26. The summed E-state index contributed by atoms with van der Waals surface area (Å²) in [5, 5.41) is 3.44. The van der Waals surface area contributed by atoms with Crippen LogP contribution in [0.3, 0.4) is 0 Å². The maximum absolute atomic E-state index is 12.5. The largest absolute Gasteiger partial charge is 0.416 e. The molecule has 1 heterocycles. The lowest BCUT2D eigenvalue weighted by atomic mass is 10.0. The normalized spacial score (nSPS) is 24.9. The Morgan fingerprint density at radius 2 is 1.95 bits per heavy atom. The van der Waals surface area contributed by atoms with Gasteiger partial charge in [0.25, 0.3) is 0 Å². The summed E-state index contributed by atoms with van der Waals surface area (Å²) >= 11 is 1.98. The Balaban J connectivity index is 1.94. The van der Waals surface area contributed by atoms with Gasteiger partial charge in [0.05, 0.1) is 5.56 Å². The van der Waals surface area contributed by atoms with Crippen LogP contribution in [-0.4, -0.2) is 17.0 Å². The van der Waals surface area contributed by atoms with Gasteiger partial charge in [-0.2, -0.15) is 24.9 Å². The third kappa shape index (κ3) is 3.92. The second kappa shape index (κ2) is 5.98. The minimum absolute atomic E-state index is 0.0651.